The Morgan fingerprint density at radius 1 is 0.960 bits per heavy atom. The highest BCUT2D eigenvalue weighted by molar-refractivity contribution is 5.76. The zero-order valence-electron chi connectivity index (χ0n) is 14.8. The Labute approximate surface area is 149 Å². The maximum atomic E-state index is 12.2. The predicted molar refractivity (Wildman–Crippen MR) is 96.2 cm³/mol. The molecule has 1 fully saturated rings. The number of nitrogens with zero attached hydrogens (tertiary/aromatic N) is 2. The third-order valence-electron chi connectivity index (χ3n) is 4.70. The van der Waals surface area contributed by atoms with Crippen LogP contribution in [0.2, 0.25) is 0 Å². The number of hydroxylamine groups is 1. The van der Waals surface area contributed by atoms with E-state index in [1.807, 2.05) is 11.0 Å². The van der Waals surface area contributed by atoms with Crippen molar-refractivity contribution in [2.24, 2.45) is 0 Å². The van der Waals surface area contributed by atoms with Crippen LogP contribution in [0.4, 0.5) is 0 Å². The molecule has 0 spiro atoms. The molecule has 138 valence electrons. The number of benzene rings is 1. The highest BCUT2D eigenvalue weighted by Gasteiger charge is 2.20. The van der Waals surface area contributed by atoms with Crippen molar-refractivity contribution >= 4 is 11.8 Å². The third-order valence-corrected chi connectivity index (χ3v) is 4.70. The zero-order valence-corrected chi connectivity index (χ0v) is 14.8. The number of carbonyl (C=O) groups excluding carboxylic acids is 2. The van der Waals surface area contributed by atoms with Crippen LogP contribution in [0.25, 0.3) is 0 Å². The fourth-order valence-electron chi connectivity index (χ4n) is 3.11. The van der Waals surface area contributed by atoms with E-state index in [-0.39, 0.29) is 11.8 Å². The van der Waals surface area contributed by atoms with Gasteiger partial charge in [-0.2, -0.15) is 0 Å². The summed E-state index contributed by atoms with van der Waals surface area (Å²) in [5.41, 5.74) is 2.98. The molecule has 0 aliphatic carbocycles. The minimum atomic E-state index is -0.363. The lowest BCUT2D eigenvalue weighted by Gasteiger charge is -2.34. The first-order valence-electron chi connectivity index (χ1n) is 9.16. The maximum absolute atomic E-state index is 12.2. The first kappa shape index (κ1) is 19.4. The molecule has 0 atom stereocenters. The smallest absolute Gasteiger partial charge is 0.243 e. The summed E-state index contributed by atoms with van der Waals surface area (Å²) in [6, 6.07) is 10.5. The minimum Gasteiger partial charge on any atom is -0.340 e. The number of nitrogens with one attached hydrogen (secondary N) is 1. The lowest BCUT2D eigenvalue weighted by atomic mass is 10.1. The highest BCUT2D eigenvalue weighted by atomic mass is 16.5. The van der Waals surface area contributed by atoms with Gasteiger partial charge in [-0.3, -0.25) is 19.7 Å². The van der Waals surface area contributed by atoms with Crippen molar-refractivity contribution in [1.82, 2.24) is 15.3 Å². The third kappa shape index (κ3) is 7.23. The minimum absolute atomic E-state index is 0.217. The lowest BCUT2D eigenvalue weighted by molar-refractivity contribution is -0.133. The SMILES string of the molecule is O=C(CCCCCC(=O)N1CCN(CCc2ccccc2)CC1)NO. The average Bonchev–Trinajstić information content (AvgIpc) is 2.67. The molecule has 1 aliphatic rings. The summed E-state index contributed by atoms with van der Waals surface area (Å²) in [6.45, 7) is 4.53. The van der Waals surface area contributed by atoms with Gasteiger partial charge in [0.2, 0.25) is 11.8 Å². The van der Waals surface area contributed by atoms with Crippen LogP contribution in [0.15, 0.2) is 30.3 Å². The molecule has 6 heteroatoms. The van der Waals surface area contributed by atoms with Crippen LogP contribution >= 0.6 is 0 Å². The van der Waals surface area contributed by atoms with E-state index in [1.165, 1.54) is 5.56 Å². The summed E-state index contributed by atoms with van der Waals surface area (Å²) >= 11 is 0. The molecule has 1 aromatic carbocycles. The van der Waals surface area contributed by atoms with E-state index in [4.69, 9.17) is 5.21 Å². The zero-order chi connectivity index (χ0) is 17.9. The van der Waals surface area contributed by atoms with Crippen LogP contribution in [-0.2, 0) is 16.0 Å². The van der Waals surface area contributed by atoms with E-state index in [0.717, 1.165) is 52.0 Å². The van der Waals surface area contributed by atoms with Gasteiger partial charge in [-0.05, 0) is 24.8 Å². The molecule has 1 aliphatic heterocycles. The van der Waals surface area contributed by atoms with E-state index in [2.05, 4.69) is 29.2 Å². The Hall–Kier alpha value is -1.92. The molecule has 1 saturated heterocycles. The van der Waals surface area contributed by atoms with Gasteiger partial charge in [0.25, 0.3) is 0 Å². The summed E-state index contributed by atoms with van der Waals surface area (Å²) in [7, 11) is 0. The molecule has 25 heavy (non-hydrogen) atoms. The van der Waals surface area contributed by atoms with Gasteiger partial charge in [0.1, 0.15) is 0 Å². The molecule has 0 radical (unpaired) electrons. The Bertz CT molecular complexity index is 528. The second kappa shape index (κ2) is 10.8. The van der Waals surface area contributed by atoms with Gasteiger partial charge in [-0.25, -0.2) is 5.48 Å². The number of rotatable bonds is 9. The molecule has 0 saturated carbocycles. The Balaban J connectivity index is 1.56. The lowest BCUT2D eigenvalue weighted by Crippen LogP contribution is -2.49. The summed E-state index contributed by atoms with van der Waals surface area (Å²) in [5.74, 6) is -0.146. The second-order valence-corrected chi connectivity index (χ2v) is 6.55. The van der Waals surface area contributed by atoms with Gasteiger partial charge < -0.3 is 4.90 Å². The molecule has 2 rings (SSSR count). The first-order chi connectivity index (χ1) is 12.2. The topological polar surface area (TPSA) is 72.9 Å². The number of carbonyl (C=O) groups is 2. The van der Waals surface area contributed by atoms with Crippen molar-refractivity contribution in [3.63, 3.8) is 0 Å². The molecule has 6 nitrogen and oxygen atoms in total. The normalized spacial score (nSPS) is 15.2. The van der Waals surface area contributed by atoms with Crippen LogP contribution in [0.1, 0.15) is 37.7 Å². The van der Waals surface area contributed by atoms with Crippen LogP contribution in [0.5, 0.6) is 0 Å². The number of hydrogen-bond donors (Lipinski definition) is 2. The molecule has 0 bridgehead atoms. The molecule has 1 aromatic rings. The van der Waals surface area contributed by atoms with E-state index < -0.39 is 0 Å². The number of unbranched alkanes of at least 4 members (excludes halogenated alkanes) is 2. The van der Waals surface area contributed by atoms with Crippen LogP contribution in [0, 0.1) is 0 Å². The van der Waals surface area contributed by atoms with Crippen LogP contribution in [-0.4, -0.2) is 59.5 Å². The summed E-state index contributed by atoms with van der Waals surface area (Å²) in [6.07, 6.45) is 4.24. The van der Waals surface area contributed by atoms with Gasteiger partial charge in [0.15, 0.2) is 0 Å². The van der Waals surface area contributed by atoms with Gasteiger partial charge >= 0.3 is 0 Å². The molecule has 2 N–H and O–H groups in total. The molecule has 1 heterocycles. The summed E-state index contributed by atoms with van der Waals surface area (Å²) in [4.78, 5) is 27.5. The number of piperazine rings is 1. The van der Waals surface area contributed by atoms with E-state index >= 15 is 0 Å². The van der Waals surface area contributed by atoms with Crippen molar-refractivity contribution in [3.05, 3.63) is 35.9 Å². The van der Waals surface area contributed by atoms with Gasteiger partial charge in [0, 0.05) is 45.6 Å². The van der Waals surface area contributed by atoms with Gasteiger partial charge in [-0.1, -0.05) is 36.8 Å². The van der Waals surface area contributed by atoms with Crippen molar-refractivity contribution < 1.29 is 14.8 Å². The van der Waals surface area contributed by atoms with E-state index in [1.54, 1.807) is 5.48 Å². The standard InChI is InChI=1S/C19H29N3O3/c23-18(20-25)9-5-2-6-10-19(24)22-15-13-21(14-16-22)12-11-17-7-3-1-4-8-17/h1,3-4,7-8,25H,2,5-6,9-16H2,(H,20,23). The monoisotopic (exact) mass is 347 g/mol. The molecule has 0 unspecified atom stereocenters. The van der Waals surface area contributed by atoms with Crippen molar-refractivity contribution in [2.45, 2.75) is 38.5 Å². The molecular formula is C19H29N3O3. The molecule has 0 aromatic heterocycles. The van der Waals surface area contributed by atoms with Crippen molar-refractivity contribution in [1.29, 1.82) is 0 Å². The second-order valence-electron chi connectivity index (χ2n) is 6.55. The number of amides is 2. The van der Waals surface area contributed by atoms with Crippen molar-refractivity contribution in [2.75, 3.05) is 32.7 Å². The van der Waals surface area contributed by atoms with Crippen molar-refractivity contribution in [3.8, 4) is 0 Å². The first-order valence-corrected chi connectivity index (χ1v) is 9.16. The van der Waals surface area contributed by atoms with E-state index in [9.17, 15) is 9.59 Å². The van der Waals surface area contributed by atoms with Crippen LogP contribution in [0.3, 0.4) is 0 Å². The Kier molecular flexibility index (Phi) is 8.42. The summed E-state index contributed by atoms with van der Waals surface area (Å²) in [5, 5.41) is 8.41. The van der Waals surface area contributed by atoms with E-state index in [0.29, 0.717) is 19.3 Å². The van der Waals surface area contributed by atoms with Gasteiger partial charge in [0.05, 0.1) is 0 Å². The van der Waals surface area contributed by atoms with Crippen LogP contribution < -0.4 is 5.48 Å². The Morgan fingerprint density at radius 3 is 2.32 bits per heavy atom. The average molecular weight is 347 g/mol. The molecular weight excluding hydrogens is 318 g/mol. The number of hydrogen-bond acceptors (Lipinski definition) is 4. The fraction of sp³-hybridized carbons (Fsp3) is 0.579. The maximum Gasteiger partial charge on any atom is 0.243 e. The largest absolute Gasteiger partial charge is 0.340 e. The summed E-state index contributed by atoms with van der Waals surface area (Å²) < 4.78 is 0. The quantitative estimate of drug-likeness (QED) is 0.406. The Morgan fingerprint density at radius 2 is 1.64 bits per heavy atom. The predicted octanol–water partition coefficient (Wildman–Crippen LogP) is 1.83. The fourth-order valence-corrected chi connectivity index (χ4v) is 3.11. The van der Waals surface area contributed by atoms with Gasteiger partial charge in [-0.15, -0.1) is 0 Å². The molecule has 2 amide bonds. The highest BCUT2D eigenvalue weighted by Crippen LogP contribution is 2.09.